The van der Waals surface area contributed by atoms with Crippen LogP contribution in [0.15, 0.2) is 53.9 Å². The van der Waals surface area contributed by atoms with E-state index in [9.17, 15) is 14.4 Å². The minimum atomic E-state index is -0.0396. The highest BCUT2D eigenvalue weighted by atomic mass is 32.1. The van der Waals surface area contributed by atoms with Crippen molar-refractivity contribution in [1.29, 1.82) is 0 Å². The Kier molecular flexibility index (Phi) is 7.65. The zero-order valence-electron chi connectivity index (χ0n) is 21.0. The molecule has 0 N–H and O–H groups in total. The molecule has 1 fully saturated rings. The smallest absolute Gasteiger partial charge is 0.277 e. The molecule has 0 unspecified atom stereocenters. The van der Waals surface area contributed by atoms with Crippen LogP contribution in [0, 0.1) is 0 Å². The van der Waals surface area contributed by atoms with Gasteiger partial charge in [0, 0.05) is 55.0 Å². The lowest BCUT2D eigenvalue weighted by atomic mass is 9.97. The quantitative estimate of drug-likeness (QED) is 0.407. The Morgan fingerprint density at radius 3 is 2.51 bits per heavy atom. The minimum absolute atomic E-state index is 0.0130. The molecule has 3 heterocycles. The number of aromatic nitrogens is 1. The maximum absolute atomic E-state index is 13.2. The van der Waals surface area contributed by atoms with Gasteiger partial charge in [0.1, 0.15) is 11.4 Å². The SMILES string of the molecule is COc1ccc(C(=O)CCC(=O)N2CCC(c3nc(C(=O)N4CCCc5ccccc54)cs3)CC2)cc1. The lowest BCUT2D eigenvalue weighted by Gasteiger charge is -2.31. The lowest BCUT2D eigenvalue weighted by molar-refractivity contribution is -0.132. The maximum atomic E-state index is 13.2. The van der Waals surface area contributed by atoms with Gasteiger partial charge in [-0.25, -0.2) is 4.98 Å². The third-order valence-corrected chi connectivity index (χ3v) is 8.28. The largest absolute Gasteiger partial charge is 0.497 e. The third kappa shape index (κ3) is 5.59. The number of carbonyl (C=O) groups is 3. The van der Waals surface area contributed by atoms with Crippen LogP contribution in [-0.4, -0.2) is 54.2 Å². The van der Waals surface area contributed by atoms with E-state index in [0.29, 0.717) is 36.6 Å². The molecular weight excluding hydrogens is 486 g/mol. The Labute approximate surface area is 221 Å². The van der Waals surface area contributed by atoms with E-state index < -0.39 is 0 Å². The van der Waals surface area contributed by atoms with E-state index in [1.807, 2.05) is 33.4 Å². The van der Waals surface area contributed by atoms with Crippen molar-refractivity contribution in [2.24, 2.45) is 0 Å². The van der Waals surface area contributed by atoms with Crippen LogP contribution in [0.25, 0.3) is 0 Å². The number of ketones is 1. The van der Waals surface area contributed by atoms with Crippen molar-refractivity contribution >= 4 is 34.6 Å². The van der Waals surface area contributed by atoms with Gasteiger partial charge in [-0.2, -0.15) is 0 Å². The standard InChI is InChI=1S/C29H31N3O4S/c1-36-23-10-8-21(9-11-23)26(33)12-13-27(34)31-17-14-22(15-18-31)28-30-24(19-37-28)29(35)32-16-4-6-20-5-2-3-7-25(20)32/h2-3,5,7-11,19,22H,4,6,12-18H2,1H3. The average molecular weight is 518 g/mol. The molecule has 3 aromatic rings. The van der Waals surface area contributed by atoms with Crippen LogP contribution in [0.4, 0.5) is 5.69 Å². The van der Waals surface area contributed by atoms with Gasteiger partial charge in [-0.1, -0.05) is 18.2 Å². The number of likely N-dealkylation sites (tertiary alicyclic amines) is 1. The number of hydrogen-bond acceptors (Lipinski definition) is 6. The number of rotatable bonds is 7. The number of carbonyl (C=O) groups excluding carboxylic acids is 3. The molecule has 37 heavy (non-hydrogen) atoms. The van der Waals surface area contributed by atoms with Crippen LogP contribution in [0.3, 0.4) is 0 Å². The molecule has 0 bridgehead atoms. The Morgan fingerprint density at radius 1 is 1.00 bits per heavy atom. The number of thiazole rings is 1. The minimum Gasteiger partial charge on any atom is -0.497 e. The highest BCUT2D eigenvalue weighted by Crippen LogP contribution is 2.32. The number of benzene rings is 2. The van der Waals surface area contributed by atoms with Crippen LogP contribution in [0.1, 0.15) is 69.4 Å². The summed E-state index contributed by atoms with van der Waals surface area (Å²) < 4.78 is 5.13. The fourth-order valence-corrected chi connectivity index (χ4v) is 6.10. The van der Waals surface area contributed by atoms with Gasteiger partial charge in [-0.05, 0) is 61.6 Å². The summed E-state index contributed by atoms with van der Waals surface area (Å²) in [4.78, 5) is 46.9. The first-order valence-electron chi connectivity index (χ1n) is 12.8. The van der Waals surface area contributed by atoms with E-state index in [-0.39, 0.29) is 36.4 Å². The topological polar surface area (TPSA) is 79.8 Å². The molecule has 1 saturated heterocycles. The summed E-state index contributed by atoms with van der Waals surface area (Å²) in [6, 6.07) is 15.1. The molecule has 0 aliphatic carbocycles. The number of aryl methyl sites for hydroxylation is 1. The average Bonchev–Trinajstić information content (AvgIpc) is 3.45. The second-order valence-electron chi connectivity index (χ2n) is 9.57. The zero-order chi connectivity index (χ0) is 25.8. The highest BCUT2D eigenvalue weighted by molar-refractivity contribution is 7.10. The number of nitrogens with zero attached hydrogens (tertiary/aromatic N) is 3. The monoisotopic (exact) mass is 517 g/mol. The van der Waals surface area contributed by atoms with Gasteiger partial charge in [0.2, 0.25) is 5.91 Å². The summed E-state index contributed by atoms with van der Waals surface area (Å²) in [5.41, 5.74) is 3.30. The molecule has 0 atom stereocenters. The summed E-state index contributed by atoms with van der Waals surface area (Å²) in [5, 5.41) is 2.84. The lowest BCUT2D eigenvalue weighted by Crippen LogP contribution is -2.38. The molecule has 5 rings (SSSR count). The number of Topliss-reactive ketones (excluding diaryl/α,β-unsaturated/α-hetero) is 1. The van der Waals surface area contributed by atoms with Crippen molar-refractivity contribution in [2.45, 2.75) is 44.4 Å². The third-order valence-electron chi connectivity index (χ3n) is 7.27. The first-order chi connectivity index (χ1) is 18.0. The normalized spacial score (nSPS) is 15.8. The molecule has 192 valence electrons. The molecule has 1 aromatic heterocycles. The van der Waals surface area contributed by atoms with Gasteiger partial charge in [0.15, 0.2) is 5.78 Å². The van der Waals surface area contributed by atoms with Gasteiger partial charge in [-0.15, -0.1) is 11.3 Å². The van der Waals surface area contributed by atoms with Crippen LogP contribution in [0.5, 0.6) is 5.75 Å². The molecule has 0 spiro atoms. The number of piperidine rings is 1. The first-order valence-corrected chi connectivity index (χ1v) is 13.7. The molecule has 2 aliphatic rings. The molecule has 2 aromatic carbocycles. The summed E-state index contributed by atoms with van der Waals surface area (Å²) in [5.74, 6) is 0.874. The molecule has 2 aliphatic heterocycles. The molecule has 7 nitrogen and oxygen atoms in total. The van der Waals surface area contributed by atoms with Crippen molar-refractivity contribution in [3.63, 3.8) is 0 Å². The number of methoxy groups -OCH3 is 1. The van der Waals surface area contributed by atoms with Gasteiger partial charge < -0.3 is 14.5 Å². The van der Waals surface area contributed by atoms with Crippen molar-refractivity contribution in [1.82, 2.24) is 9.88 Å². The van der Waals surface area contributed by atoms with E-state index in [0.717, 1.165) is 36.4 Å². The summed E-state index contributed by atoms with van der Waals surface area (Å²) >= 11 is 1.54. The zero-order valence-corrected chi connectivity index (χ0v) is 21.8. The number of ether oxygens (including phenoxy) is 1. The van der Waals surface area contributed by atoms with Crippen molar-refractivity contribution < 1.29 is 19.1 Å². The van der Waals surface area contributed by atoms with E-state index in [1.165, 1.54) is 16.9 Å². The molecule has 0 saturated carbocycles. The van der Waals surface area contributed by atoms with E-state index in [4.69, 9.17) is 9.72 Å². The fourth-order valence-electron chi connectivity index (χ4n) is 5.13. The number of anilines is 1. The van der Waals surface area contributed by atoms with Crippen LogP contribution in [-0.2, 0) is 11.2 Å². The number of fused-ring (bicyclic) bond motifs is 1. The number of amides is 2. The molecule has 8 heteroatoms. The van der Waals surface area contributed by atoms with Gasteiger partial charge in [-0.3, -0.25) is 14.4 Å². The summed E-state index contributed by atoms with van der Waals surface area (Å²) in [6.07, 6.45) is 3.98. The van der Waals surface area contributed by atoms with Gasteiger partial charge in [0.25, 0.3) is 5.91 Å². The van der Waals surface area contributed by atoms with Crippen molar-refractivity contribution in [2.75, 3.05) is 31.6 Å². The molecular formula is C29H31N3O4S. The molecule has 0 radical (unpaired) electrons. The van der Waals surface area contributed by atoms with Gasteiger partial charge >= 0.3 is 0 Å². The van der Waals surface area contributed by atoms with Crippen LogP contribution in [0.2, 0.25) is 0 Å². The second kappa shape index (κ2) is 11.3. The van der Waals surface area contributed by atoms with E-state index in [2.05, 4.69) is 6.07 Å². The Morgan fingerprint density at radius 2 is 1.76 bits per heavy atom. The van der Waals surface area contributed by atoms with E-state index in [1.54, 1.807) is 31.4 Å². The Bertz CT molecular complexity index is 1280. The molecule has 2 amide bonds. The number of para-hydroxylation sites is 1. The highest BCUT2D eigenvalue weighted by Gasteiger charge is 2.29. The van der Waals surface area contributed by atoms with Crippen molar-refractivity contribution in [3.8, 4) is 5.75 Å². The van der Waals surface area contributed by atoms with Gasteiger partial charge in [0.05, 0.1) is 12.1 Å². The predicted octanol–water partition coefficient (Wildman–Crippen LogP) is 5.11. The van der Waals surface area contributed by atoms with Crippen LogP contribution < -0.4 is 9.64 Å². The second-order valence-corrected chi connectivity index (χ2v) is 10.5. The van der Waals surface area contributed by atoms with Crippen molar-refractivity contribution in [3.05, 3.63) is 75.7 Å². The Balaban J connectivity index is 1.13. The maximum Gasteiger partial charge on any atom is 0.277 e. The number of hydrogen-bond donors (Lipinski definition) is 0. The predicted molar refractivity (Wildman–Crippen MR) is 144 cm³/mol. The van der Waals surface area contributed by atoms with Crippen LogP contribution >= 0.6 is 11.3 Å². The fraction of sp³-hybridized carbons (Fsp3) is 0.379. The summed E-state index contributed by atoms with van der Waals surface area (Å²) in [6.45, 7) is 2.00. The van der Waals surface area contributed by atoms with E-state index >= 15 is 0 Å². The first kappa shape index (κ1) is 25.1. The Hall–Kier alpha value is -3.52. The summed E-state index contributed by atoms with van der Waals surface area (Å²) in [7, 11) is 1.58.